The maximum Gasteiger partial charge on any atom is 0.417 e. The molecule has 6 rings (SSSR count). The second-order valence-corrected chi connectivity index (χ2v) is 13.2. The molecule has 1 aliphatic carbocycles. The van der Waals surface area contributed by atoms with Crippen LogP contribution in [0.1, 0.15) is 47.4 Å². The van der Waals surface area contributed by atoms with Gasteiger partial charge < -0.3 is 36.1 Å². The SMILES string of the molecule is NCCCC[C@H](NC(=O)[C@H](COCc1ccccc1)NC(=O)OCC1c2ccccc2-c2ccccc21)C(=O)Nc1ccc2c(C(F)(F)F)cc(=O)[nH]c2c1. The Hall–Kier alpha value is -5.99. The molecule has 1 aromatic heterocycles. The number of fused-ring (bicyclic) bond motifs is 4. The summed E-state index contributed by atoms with van der Waals surface area (Å²) in [6.45, 7) is 0.213. The highest BCUT2D eigenvalue weighted by molar-refractivity contribution is 5.99. The van der Waals surface area contributed by atoms with Gasteiger partial charge in [0.25, 0.3) is 0 Å². The number of aromatic amines is 1. The minimum atomic E-state index is -4.77. The molecular formula is C41H40F3N5O6. The van der Waals surface area contributed by atoms with Crippen LogP contribution in [0.3, 0.4) is 0 Å². The molecule has 3 amide bonds. The van der Waals surface area contributed by atoms with E-state index in [1.165, 1.54) is 12.1 Å². The van der Waals surface area contributed by atoms with Crippen LogP contribution in [0.4, 0.5) is 23.7 Å². The molecule has 1 heterocycles. The standard InChI is InChI=1S/C41H40F3N5O6/c42-41(43,44)33-21-37(50)47-35-20-26(17-18-31(33)35)46-38(51)34(16-8-9-19-45)48-39(52)36(24-54-22-25-10-2-1-3-11-25)49-40(53)55-23-32-29-14-6-4-12-27(29)28-13-5-7-15-30(28)32/h1-7,10-15,17-18,20-21,32,34,36H,8-9,16,19,22-24,45H2,(H,46,51)(H,47,50)(H,48,52)(H,49,53)/t34-,36-/m0/s1. The summed E-state index contributed by atoms with van der Waals surface area (Å²) in [5.41, 5.74) is 8.54. The van der Waals surface area contributed by atoms with Gasteiger partial charge >= 0.3 is 12.3 Å². The van der Waals surface area contributed by atoms with E-state index in [2.05, 4.69) is 20.9 Å². The number of alkyl halides is 3. The molecule has 1 aliphatic rings. The lowest BCUT2D eigenvalue weighted by Gasteiger charge is -2.24. The highest BCUT2D eigenvalue weighted by atomic mass is 19.4. The van der Waals surface area contributed by atoms with Crippen LogP contribution in [0.2, 0.25) is 0 Å². The summed E-state index contributed by atoms with van der Waals surface area (Å²) in [6, 6.07) is 26.6. The number of anilines is 1. The zero-order valence-electron chi connectivity index (χ0n) is 29.7. The number of nitrogens with two attached hydrogens (primary N) is 1. The lowest BCUT2D eigenvalue weighted by Crippen LogP contribution is -2.54. The Bertz CT molecular complexity index is 2170. The van der Waals surface area contributed by atoms with Crippen molar-refractivity contribution in [3.05, 3.63) is 136 Å². The topological polar surface area (TPSA) is 165 Å². The number of benzene rings is 4. The number of amides is 3. The maximum atomic E-state index is 13.8. The molecule has 0 aliphatic heterocycles. The molecule has 55 heavy (non-hydrogen) atoms. The zero-order valence-corrected chi connectivity index (χ0v) is 29.7. The van der Waals surface area contributed by atoms with Gasteiger partial charge in [-0.2, -0.15) is 13.2 Å². The van der Waals surface area contributed by atoms with Crippen molar-refractivity contribution >= 4 is 34.5 Å². The van der Waals surface area contributed by atoms with Crippen LogP contribution >= 0.6 is 0 Å². The van der Waals surface area contributed by atoms with Crippen molar-refractivity contribution in [2.24, 2.45) is 5.73 Å². The number of halogens is 3. The van der Waals surface area contributed by atoms with E-state index < -0.39 is 47.3 Å². The quantitative estimate of drug-likeness (QED) is 0.0792. The molecule has 2 atom stereocenters. The number of H-pyrrole nitrogens is 1. The van der Waals surface area contributed by atoms with Gasteiger partial charge in [-0.3, -0.25) is 14.4 Å². The second kappa shape index (κ2) is 17.4. The number of unbranched alkanes of at least 4 members (excludes halogenated alkanes) is 1. The first-order valence-electron chi connectivity index (χ1n) is 17.8. The van der Waals surface area contributed by atoms with Crippen molar-refractivity contribution in [3.8, 4) is 11.1 Å². The predicted molar refractivity (Wildman–Crippen MR) is 201 cm³/mol. The highest BCUT2D eigenvalue weighted by Crippen LogP contribution is 2.44. The van der Waals surface area contributed by atoms with Crippen molar-refractivity contribution in [1.29, 1.82) is 0 Å². The first kappa shape index (κ1) is 38.7. The van der Waals surface area contributed by atoms with Gasteiger partial charge in [0.2, 0.25) is 17.4 Å². The first-order chi connectivity index (χ1) is 26.5. The molecule has 286 valence electrons. The number of aromatic nitrogens is 1. The van der Waals surface area contributed by atoms with Gasteiger partial charge in [-0.1, -0.05) is 84.9 Å². The molecule has 14 heteroatoms. The number of hydrogen-bond donors (Lipinski definition) is 5. The minimum Gasteiger partial charge on any atom is -0.449 e. The summed E-state index contributed by atoms with van der Waals surface area (Å²) >= 11 is 0. The fourth-order valence-electron chi connectivity index (χ4n) is 6.67. The van der Waals surface area contributed by atoms with E-state index in [-0.39, 0.29) is 48.7 Å². The van der Waals surface area contributed by atoms with Crippen molar-refractivity contribution in [2.75, 3.05) is 25.1 Å². The third-order valence-electron chi connectivity index (χ3n) is 9.34. The monoisotopic (exact) mass is 755 g/mol. The van der Waals surface area contributed by atoms with Gasteiger partial charge in [0.05, 0.1) is 24.3 Å². The Labute approximate surface area is 314 Å². The van der Waals surface area contributed by atoms with Crippen molar-refractivity contribution in [3.63, 3.8) is 0 Å². The van der Waals surface area contributed by atoms with Crippen LogP contribution in [0, 0.1) is 0 Å². The minimum absolute atomic E-state index is 0.00464. The van der Waals surface area contributed by atoms with Gasteiger partial charge in [0, 0.05) is 23.1 Å². The molecule has 0 unspecified atom stereocenters. The highest BCUT2D eigenvalue weighted by Gasteiger charge is 2.34. The fraction of sp³-hybridized carbons (Fsp3) is 0.268. The number of alkyl carbamates (subject to hydrolysis) is 1. The summed E-state index contributed by atoms with van der Waals surface area (Å²) in [5, 5.41) is 7.67. The lowest BCUT2D eigenvalue weighted by atomic mass is 9.98. The fourth-order valence-corrected chi connectivity index (χ4v) is 6.67. The average Bonchev–Trinajstić information content (AvgIpc) is 3.49. The van der Waals surface area contributed by atoms with Gasteiger partial charge in [-0.15, -0.1) is 0 Å². The van der Waals surface area contributed by atoms with Gasteiger partial charge in [-0.25, -0.2) is 4.79 Å². The van der Waals surface area contributed by atoms with E-state index in [0.717, 1.165) is 33.9 Å². The molecule has 0 spiro atoms. The molecular weight excluding hydrogens is 715 g/mol. The van der Waals surface area contributed by atoms with E-state index in [1.54, 1.807) is 0 Å². The second-order valence-electron chi connectivity index (χ2n) is 13.2. The lowest BCUT2D eigenvalue weighted by molar-refractivity contribution is -0.136. The molecule has 5 aromatic rings. The van der Waals surface area contributed by atoms with Crippen LogP contribution in [0.25, 0.3) is 22.0 Å². The average molecular weight is 756 g/mol. The molecule has 0 radical (unpaired) electrons. The number of ether oxygens (including phenoxy) is 2. The number of hydrogen-bond acceptors (Lipinski definition) is 7. The maximum absolute atomic E-state index is 13.8. The van der Waals surface area contributed by atoms with Crippen molar-refractivity contribution < 1.29 is 37.0 Å². The van der Waals surface area contributed by atoms with Crippen molar-refractivity contribution in [2.45, 2.75) is 50.0 Å². The van der Waals surface area contributed by atoms with E-state index in [0.29, 0.717) is 25.5 Å². The summed E-state index contributed by atoms with van der Waals surface area (Å²) in [6.07, 6.45) is -4.49. The number of carbonyl (C=O) groups is 3. The van der Waals surface area contributed by atoms with Gasteiger partial charge in [0.1, 0.15) is 18.7 Å². The Morgan fingerprint density at radius 2 is 1.47 bits per heavy atom. The van der Waals surface area contributed by atoms with E-state index in [1.807, 2.05) is 78.9 Å². The number of carbonyl (C=O) groups excluding carboxylic acids is 3. The molecule has 0 bridgehead atoms. The van der Waals surface area contributed by atoms with Gasteiger partial charge in [-0.05, 0) is 65.8 Å². The summed E-state index contributed by atoms with van der Waals surface area (Å²) < 4.78 is 52.3. The predicted octanol–water partition coefficient (Wildman–Crippen LogP) is 6.22. The molecule has 0 saturated carbocycles. The largest absolute Gasteiger partial charge is 0.449 e. The Morgan fingerprint density at radius 1 is 0.800 bits per heavy atom. The number of pyridine rings is 1. The van der Waals surface area contributed by atoms with Crippen molar-refractivity contribution in [1.82, 2.24) is 15.6 Å². The van der Waals surface area contributed by atoms with Gasteiger partial charge in [0.15, 0.2) is 0 Å². The number of nitrogens with one attached hydrogen (secondary N) is 4. The Morgan fingerprint density at radius 3 is 2.15 bits per heavy atom. The normalized spacial score (nSPS) is 13.4. The van der Waals surface area contributed by atoms with Crippen LogP contribution in [0.5, 0.6) is 0 Å². The summed E-state index contributed by atoms with van der Waals surface area (Å²) in [7, 11) is 0. The Balaban J connectivity index is 1.17. The Kier molecular flexibility index (Phi) is 12.3. The first-order valence-corrected chi connectivity index (χ1v) is 17.8. The third-order valence-corrected chi connectivity index (χ3v) is 9.34. The van der Waals surface area contributed by atoms with E-state index in [9.17, 15) is 32.3 Å². The van der Waals surface area contributed by atoms with E-state index in [4.69, 9.17) is 15.2 Å². The van der Waals surface area contributed by atoms with Crippen LogP contribution in [0.15, 0.2) is 108 Å². The number of rotatable bonds is 15. The molecule has 0 saturated heterocycles. The summed E-state index contributed by atoms with van der Waals surface area (Å²) in [4.78, 5) is 55.1. The van der Waals surface area contributed by atoms with E-state index >= 15 is 0 Å². The van der Waals surface area contributed by atoms with Crippen LogP contribution in [-0.2, 0) is 31.8 Å². The molecule has 11 nitrogen and oxygen atoms in total. The molecule has 0 fully saturated rings. The van der Waals surface area contributed by atoms with Crippen LogP contribution in [-0.4, -0.2) is 54.7 Å². The molecule has 6 N–H and O–H groups in total. The third kappa shape index (κ3) is 9.58. The molecule has 4 aromatic carbocycles. The summed E-state index contributed by atoms with van der Waals surface area (Å²) in [5.74, 6) is -1.63. The zero-order chi connectivity index (χ0) is 39.0. The smallest absolute Gasteiger partial charge is 0.417 e. The van der Waals surface area contributed by atoms with Crippen LogP contribution < -0.4 is 27.2 Å².